The lowest BCUT2D eigenvalue weighted by molar-refractivity contribution is 0.105. The van der Waals surface area contributed by atoms with E-state index in [0.29, 0.717) is 17.7 Å². The Morgan fingerprint density at radius 3 is 2.30 bits per heavy atom. The Kier molecular flexibility index (Phi) is 6.15. The van der Waals surface area contributed by atoms with E-state index >= 15 is 0 Å². The van der Waals surface area contributed by atoms with E-state index in [4.69, 9.17) is 15.9 Å². The first-order chi connectivity index (χ1) is 9.16. The number of ether oxygens (including phenoxy) is 1. The van der Waals surface area contributed by atoms with Crippen molar-refractivity contribution in [3.05, 3.63) is 71.0 Å². The van der Waals surface area contributed by atoms with Gasteiger partial charge in [0.25, 0.3) is 0 Å². The first-order valence-corrected chi connectivity index (χ1v) is 5.91. The Morgan fingerprint density at radius 2 is 1.70 bits per heavy atom. The predicted octanol–water partition coefficient (Wildman–Crippen LogP) is 3.25. The van der Waals surface area contributed by atoms with Crippen LogP contribution in [0, 0.1) is 11.2 Å². The third kappa shape index (κ3) is 4.33. The number of nitrogen functional groups attached to an aromatic ring is 1. The number of nitrogens with two attached hydrogens (primary N) is 1. The summed E-state index contributed by atoms with van der Waals surface area (Å²) in [6.45, 7) is 0.633. The summed E-state index contributed by atoms with van der Waals surface area (Å²) in [6, 6.07) is 13.8. The zero-order chi connectivity index (χ0) is 13.7. The lowest BCUT2D eigenvalue weighted by Crippen LogP contribution is -2.10. The van der Waals surface area contributed by atoms with E-state index in [0.717, 1.165) is 5.56 Å². The number of hydrogen-bond acceptors (Lipinski definition) is 2. The molecule has 0 fully saturated rings. The largest absolute Gasteiger partial charge is 0.384 e. The van der Waals surface area contributed by atoms with Crippen molar-refractivity contribution < 1.29 is 9.13 Å². The lowest BCUT2D eigenvalue weighted by Gasteiger charge is -2.06. The van der Waals surface area contributed by atoms with Gasteiger partial charge in [-0.05, 0) is 11.6 Å². The molecule has 0 aliphatic rings. The van der Waals surface area contributed by atoms with Crippen LogP contribution >= 0.6 is 12.4 Å². The van der Waals surface area contributed by atoms with Gasteiger partial charge in [-0.1, -0.05) is 42.5 Å². The first-order valence-electron chi connectivity index (χ1n) is 5.91. The van der Waals surface area contributed by atoms with Crippen molar-refractivity contribution in [2.24, 2.45) is 5.73 Å². The van der Waals surface area contributed by atoms with E-state index in [2.05, 4.69) is 0 Å². The molecule has 0 aliphatic heterocycles. The fourth-order valence-electron chi connectivity index (χ4n) is 1.67. The van der Waals surface area contributed by atoms with E-state index in [1.54, 1.807) is 30.3 Å². The third-order valence-electron chi connectivity index (χ3n) is 2.75. The van der Waals surface area contributed by atoms with Crippen LogP contribution in [-0.2, 0) is 18.0 Å². The molecule has 106 valence electrons. The molecular weight excluding hydrogens is 279 g/mol. The standard InChI is InChI=1S/C15H15FN2O.ClH/c16-14-4-2-1-3-13(14)10-19-9-11-5-7-12(8-6-11)15(17)18;/h1-8H,9-10H2,(H3,17,18);1H. The molecule has 0 spiro atoms. The van der Waals surface area contributed by atoms with Crippen molar-refractivity contribution >= 4 is 18.2 Å². The highest BCUT2D eigenvalue weighted by Gasteiger charge is 2.01. The minimum Gasteiger partial charge on any atom is -0.384 e. The highest BCUT2D eigenvalue weighted by molar-refractivity contribution is 5.94. The molecule has 5 heteroatoms. The van der Waals surface area contributed by atoms with Crippen molar-refractivity contribution in [1.29, 1.82) is 5.41 Å². The second-order valence-electron chi connectivity index (χ2n) is 4.19. The molecule has 0 atom stereocenters. The summed E-state index contributed by atoms with van der Waals surface area (Å²) >= 11 is 0. The zero-order valence-electron chi connectivity index (χ0n) is 10.8. The molecular formula is C15H16ClFN2O. The van der Waals surface area contributed by atoms with Crippen LogP contribution in [0.4, 0.5) is 4.39 Å². The van der Waals surface area contributed by atoms with E-state index in [-0.39, 0.29) is 30.7 Å². The Bertz CT molecular complexity index is 572. The molecule has 0 radical (unpaired) electrons. The molecule has 0 saturated heterocycles. The number of benzene rings is 2. The SMILES string of the molecule is Cl.N=C(N)c1ccc(COCc2ccccc2F)cc1. The van der Waals surface area contributed by atoms with Crippen LogP contribution in [0.15, 0.2) is 48.5 Å². The fourth-order valence-corrected chi connectivity index (χ4v) is 1.67. The van der Waals surface area contributed by atoms with Gasteiger partial charge in [-0.15, -0.1) is 12.4 Å². The van der Waals surface area contributed by atoms with Crippen LogP contribution in [0.5, 0.6) is 0 Å². The topological polar surface area (TPSA) is 59.1 Å². The van der Waals surface area contributed by atoms with Gasteiger partial charge in [0.2, 0.25) is 0 Å². The molecule has 2 rings (SSSR count). The van der Waals surface area contributed by atoms with Gasteiger partial charge in [-0.2, -0.15) is 0 Å². The summed E-state index contributed by atoms with van der Waals surface area (Å²) in [7, 11) is 0. The zero-order valence-corrected chi connectivity index (χ0v) is 11.6. The van der Waals surface area contributed by atoms with Gasteiger partial charge < -0.3 is 10.5 Å². The van der Waals surface area contributed by atoms with Gasteiger partial charge in [0.15, 0.2) is 0 Å². The minimum absolute atomic E-state index is 0. The maximum atomic E-state index is 13.3. The lowest BCUT2D eigenvalue weighted by atomic mass is 10.1. The van der Waals surface area contributed by atoms with Gasteiger partial charge in [-0.25, -0.2) is 4.39 Å². The molecule has 0 unspecified atom stereocenters. The second kappa shape index (κ2) is 7.62. The molecule has 0 heterocycles. The maximum Gasteiger partial charge on any atom is 0.128 e. The van der Waals surface area contributed by atoms with Crippen LogP contribution in [0.25, 0.3) is 0 Å². The van der Waals surface area contributed by atoms with Gasteiger partial charge in [0, 0.05) is 11.1 Å². The van der Waals surface area contributed by atoms with E-state index in [1.807, 2.05) is 12.1 Å². The summed E-state index contributed by atoms with van der Waals surface area (Å²) < 4.78 is 18.8. The average Bonchev–Trinajstić information content (AvgIpc) is 2.41. The van der Waals surface area contributed by atoms with Crippen LogP contribution in [0.1, 0.15) is 16.7 Å². The van der Waals surface area contributed by atoms with Crippen molar-refractivity contribution in [1.82, 2.24) is 0 Å². The normalized spacial score (nSPS) is 9.85. The first kappa shape index (κ1) is 16.1. The van der Waals surface area contributed by atoms with Crippen molar-refractivity contribution in [3.63, 3.8) is 0 Å². The van der Waals surface area contributed by atoms with Crippen molar-refractivity contribution in [2.45, 2.75) is 13.2 Å². The fraction of sp³-hybridized carbons (Fsp3) is 0.133. The summed E-state index contributed by atoms with van der Waals surface area (Å²) in [5.74, 6) is -0.215. The molecule has 3 N–H and O–H groups in total. The third-order valence-corrected chi connectivity index (χ3v) is 2.75. The van der Waals surface area contributed by atoms with E-state index in [9.17, 15) is 4.39 Å². The van der Waals surface area contributed by atoms with Gasteiger partial charge >= 0.3 is 0 Å². The number of rotatable bonds is 5. The van der Waals surface area contributed by atoms with E-state index < -0.39 is 0 Å². The van der Waals surface area contributed by atoms with Crippen LogP contribution in [0.3, 0.4) is 0 Å². The van der Waals surface area contributed by atoms with E-state index in [1.165, 1.54) is 6.07 Å². The monoisotopic (exact) mass is 294 g/mol. The summed E-state index contributed by atoms with van der Waals surface area (Å²) in [6.07, 6.45) is 0. The maximum absolute atomic E-state index is 13.3. The molecule has 2 aromatic rings. The quantitative estimate of drug-likeness (QED) is 0.657. The second-order valence-corrected chi connectivity index (χ2v) is 4.19. The highest BCUT2D eigenvalue weighted by atomic mass is 35.5. The Balaban J connectivity index is 0.00000200. The molecule has 0 saturated carbocycles. The molecule has 3 nitrogen and oxygen atoms in total. The Morgan fingerprint density at radius 1 is 1.05 bits per heavy atom. The van der Waals surface area contributed by atoms with Gasteiger partial charge in [-0.3, -0.25) is 5.41 Å². The number of nitrogens with one attached hydrogen (secondary N) is 1. The summed E-state index contributed by atoms with van der Waals surface area (Å²) in [4.78, 5) is 0. The smallest absolute Gasteiger partial charge is 0.128 e. The van der Waals surface area contributed by atoms with Crippen molar-refractivity contribution in [3.8, 4) is 0 Å². The molecule has 0 aliphatic carbocycles. The van der Waals surface area contributed by atoms with Gasteiger partial charge in [0.1, 0.15) is 11.7 Å². The Labute approximate surface area is 123 Å². The predicted molar refractivity (Wildman–Crippen MR) is 79.6 cm³/mol. The number of hydrogen-bond donors (Lipinski definition) is 2. The average molecular weight is 295 g/mol. The summed E-state index contributed by atoms with van der Waals surface area (Å²) in [5, 5.41) is 7.28. The molecule has 0 bridgehead atoms. The molecule has 0 amide bonds. The van der Waals surface area contributed by atoms with Gasteiger partial charge in [0.05, 0.1) is 13.2 Å². The van der Waals surface area contributed by atoms with Crippen LogP contribution in [-0.4, -0.2) is 5.84 Å². The minimum atomic E-state index is -0.255. The molecule has 2 aromatic carbocycles. The van der Waals surface area contributed by atoms with Crippen LogP contribution < -0.4 is 5.73 Å². The highest BCUT2D eigenvalue weighted by Crippen LogP contribution is 2.10. The number of halogens is 2. The summed E-state index contributed by atoms with van der Waals surface area (Å²) in [5.41, 5.74) is 7.55. The molecule has 20 heavy (non-hydrogen) atoms. The Hall–Kier alpha value is -1.91. The number of amidine groups is 1. The van der Waals surface area contributed by atoms with Crippen LogP contribution in [0.2, 0.25) is 0 Å². The van der Waals surface area contributed by atoms with Crippen molar-refractivity contribution in [2.75, 3.05) is 0 Å². The molecule has 0 aromatic heterocycles.